The average Bonchev–Trinajstić information content (AvgIpc) is 3.17. The minimum Gasteiger partial charge on any atom is -0.309 e. The van der Waals surface area contributed by atoms with E-state index < -0.39 is 17.6 Å². The Bertz CT molecular complexity index is 1650. The predicted molar refractivity (Wildman–Crippen MR) is 129 cm³/mol. The van der Waals surface area contributed by atoms with Crippen molar-refractivity contribution in [2.75, 3.05) is 0 Å². The molecule has 0 spiro atoms. The third kappa shape index (κ3) is 3.08. The van der Waals surface area contributed by atoms with E-state index in [4.69, 9.17) is 0 Å². The number of fused-ring (bicyclic) bond motifs is 4. The van der Waals surface area contributed by atoms with Crippen LogP contribution in [-0.4, -0.2) is 4.57 Å². The Morgan fingerprint density at radius 3 is 1.85 bits per heavy atom. The van der Waals surface area contributed by atoms with Crippen molar-refractivity contribution in [3.8, 4) is 16.8 Å². The maximum Gasteiger partial charge on any atom is 0.417 e. The van der Waals surface area contributed by atoms with Gasteiger partial charge in [0.2, 0.25) is 0 Å². The molecule has 0 fully saturated rings. The first-order chi connectivity index (χ1) is 16.4. The van der Waals surface area contributed by atoms with Crippen molar-refractivity contribution < 1.29 is 17.6 Å². The molecule has 0 aliphatic heterocycles. The van der Waals surface area contributed by atoms with Crippen molar-refractivity contribution in [1.29, 1.82) is 0 Å². The van der Waals surface area contributed by atoms with Crippen LogP contribution in [0.25, 0.3) is 49.4 Å². The van der Waals surface area contributed by atoms with Gasteiger partial charge >= 0.3 is 6.18 Å². The largest absolute Gasteiger partial charge is 0.417 e. The third-order valence-electron chi connectivity index (χ3n) is 6.28. The fraction of sp³-hybridized carbons (Fsp3) is 0.0345. The van der Waals surface area contributed by atoms with Crippen LogP contribution in [0.1, 0.15) is 5.56 Å². The Hall–Kier alpha value is -4.12. The summed E-state index contributed by atoms with van der Waals surface area (Å²) >= 11 is 0. The van der Waals surface area contributed by atoms with Gasteiger partial charge in [-0.3, -0.25) is 0 Å². The van der Waals surface area contributed by atoms with Gasteiger partial charge in [0.25, 0.3) is 0 Å². The highest BCUT2D eigenvalue weighted by Crippen LogP contribution is 2.42. The highest BCUT2D eigenvalue weighted by atomic mass is 19.4. The van der Waals surface area contributed by atoms with Crippen LogP contribution in [-0.2, 0) is 6.18 Å². The van der Waals surface area contributed by atoms with Crippen LogP contribution in [0, 0.1) is 5.82 Å². The Morgan fingerprint density at radius 1 is 0.588 bits per heavy atom. The Balaban J connectivity index is 1.78. The highest BCUT2D eigenvalue weighted by molar-refractivity contribution is 6.12. The monoisotopic (exact) mass is 455 g/mol. The summed E-state index contributed by atoms with van der Waals surface area (Å²) in [7, 11) is 0. The second kappa shape index (κ2) is 7.45. The second-order valence-corrected chi connectivity index (χ2v) is 8.24. The van der Waals surface area contributed by atoms with Gasteiger partial charge in [-0.2, -0.15) is 13.2 Å². The number of aromatic nitrogens is 1. The molecule has 0 atom stereocenters. The van der Waals surface area contributed by atoms with Gasteiger partial charge in [0, 0.05) is 16.2 Å². The molecule has 0 aliphatic carbocycles. The lowest BCUT2D eigenvalue weighted by Crippen LogP contribution is -2.08. The molecule has 0 bridgehead atoms. The van der Waals surface area contributed by atoms with Gasteiger partial charge < -0.3 is 4.57 Å². The Morgan fingerprint density at radius 2 is 1.21 bits per heavy atom. The lowest BCUT2D eigenvalue weighted by Gasteiger charge is -2.18. The van der Waals surface area contributed by atoms with Crippen molar-refractivity contribution in [1.82, 2.24) is 4.57 Å². The number of hydrogen-bond donors (Lipinski definition) is 0. The van der Waals surface area contributed by atoms with Crippen molar-refractivity contribution in [3.05, 3.63) is 115 Å². The average molecular weight is 455 g/mol. The molecule has 1 heterocycles. The number of benzene rings is 5. The van der Waals surface area contributed by atoms with Crippen molar-refractivity contribution in [2.24, 2.45) is 0 Å². The molecular formula is C29H17F4N. The lowest BCUT2D eigenvalue weighted by molar-refractivity contribution is -0.137. The predicted octanol–water partition coefficient (Wildman–Crippen LogP) is 8.76. The number of nitrogens with zero attached hydrogens (tertiary/aromatic N) is 1. The molecule has 0 N–H and O–H groups in total. The van der Waals surface area contributed by atoms with E-state index in [1.807, 2.05) is 72.8 Å². The lowest BCUT2D eigenvalue weighted by atomic mass is 9.93. The fourth-order valence-electron chi connectivity index (χ4n) is 4.90. The summed E-state index contributed by atoms with van der Waals surface area (Å²) in [6.45, 7) is 0. The van der Waals surface area contributed by atoms with Gasteiger partial charge in [-0.15, -0.1) is 0 Å². The van der Waals surface area contributed by atoms with Crippen LogP contribution in [0.15, 0.2) is 103 Å². The van der Waals surface area contributed by atoms with Gasteiger partial charge in [0.15, 0.2) is 0 Å². The van der Waals surface area contributed by atoms with Crippen LogP contribution < -0.4 is 0 Å². The number of halogens is 4. The standard InChI is InChI=1S/C29H17F4N/c30-19-15-16-24(29(31,32)33)23(17-19)22-11-5-7-18-8-6-14-27(28(18)22)34-25-12-3-1-9-20(25)21-10-2-4-13-26(21)34/h1-17H. The maximum atomic E-state index is 14.2. The second-order valence-electron chi connectivity index (χ2n) is 8.24. The SMILES string of the molecule is Fc1ccc(C(F)(F)F)c(-c2cccc3cccc(-n4c5ccccc5c5ccccc54)c23)c1. The number of alkyl halides is 3. The summed E-state index contributed by atoms with van der Waals surface area (Å²) in [4.78, 5) is 0. The van der Waals surface area contributed by atoms with Gasteiger partial charge in [0.05, 0.1) is 22.3 Å². The van der Waals surface area contributed by atoms with Gasteiger partial charge in [0.1, 0.15) is 5.82 Å². The van der Waals surface area contributed by atoms with Gasteiger partial charge in [-0.25, -0.2) is 4.39 Å². The molecule has 34 heavy (non-hydrogen) atoms. The Kier molecular flexibility index (Phi) is 4.49. The maximum absolute atomic E-state index is 14.2. The van der Waals surface area contributed by atoms with E-state index in [1.165, 1.54) is 0 Å². The van der Waals surface area contributed by atoms with E-state index in [-0.39, 0.29) is 5.56 Å². The topological polar surface area (TPSA) is 4.93 Å². The zero-order valence-corrected chi connectivity index (χ0v) is 17.8. The molecule has 166 valence electrons. The van der Waals surface area contributed by atoms with Gasteiger partial charge in [-0.1, -0.05) is 66.7 Å². The smallest absolute Gasteiger partial charge is 0.309 e. The molecule has 1 nitrogen and oxygen atoms in total. The van der Waals surface area contributed by atoms with Crippen molar-refractivity contribution in [3.63, 3.8) is 0 Å². The summed E-state index contributed by atoms with van der Waals surface area (Å²) in [5.74, 6) is -0.714. The van der Waals surface area contributed by atoms with E-state index in [9.17, 15) is 17.6 Å². The molecule has 5 heteroatoms. The third-order valence-corrected chi connectivity index (χ3v) is 6.28. The molecule has 6 rings (SSSR count). The van der Waals surface area contributed by atoms with E-state index >= 15 is 0 Å². The molecule has 6 aromatic rings. The molecule has 0 aliphatic rings. The van der Waals surface area contributed by atoms with Crippen LogP contribution in [0.5, 0.6) is 0 Å². The first-order valence-electron chi connectivity index (χ1n) is 10.8. The number of rotatable bonds is 2. The van der Waals surface area contributed by atoms with Crippen molar-refractivity contribution in [2.45, 2.75) is 6.18 Å². The molecule has 1 aromatic heterocycles. The van der Waals surface area contributed by atoms with Crippen LogP contribution >= 0.6 is 0 Å². The Labute approximate surface area is 192 Å². The van der Waals surface area contributed by atoms with Crippen molar-refractivity contribution >= 4 is 32.6 Å². The molecule has 0 radical (unpaired) electrons. The van der Waals surface area contributed by atoms with E-state index in [0.29, 0.717) is 10.9 Å². The zero-order chi connectivity index (χ0) is 23.4. The summed E-state index contributed by atoms with van der Waals surface area (Å²) in [5, 5.41) is 3.51. The molecule has 0 unspecified atom stereocenters. The molecule has 0 saturated carbocycles. The summed E-state index contributed by atoms with van der Waals surface area (Å²) in [6.07, 6.45) is -4.62. The highest BCUT2D eigenvalue weighted by Gasteiger charge is 2.34. The quantitative estimate of drug-likeness (QED) is 0.230. The number of hydrogen-bond acceptors (Lipinski definition) is 0. The first kappa shape index (κ1) is 20.5. The van der Waals surface area contributed by atoms with Crippen LogP contribution in [0.2, 0.25) is 0 Å². The zero-order valence-electron chi connectivity index (χ0n) is 17.8. The number of para-hydroxylation sites is 2. The minimum atomic E-state index is -4.62. The van der Waals surface area contributed by atoms with E-state index in [0.717, 1.165) is 51.1 Å². The molecule has 0 amide bonds. The molecular weight excluding hydrogens is 438 g/mol. The minimum absolute atomic E-state index is 0.175. The van der Waals surface area contributed by atoms with Gasteiger partial charge in [-0.05, 0) is 52.9 Å². The van der Waals surface area contributed by atoms with Crippen LogP contribution in [0.4, 0.5) is 17.6 Å². The van der Waals surface area contributed by atoms with E-state index in [2.05, 4.69) is 4.57 Å². The summed E-state index contributed by atoms with van der Waals surface area (Å²) in [6, 6.07) is 29.4. The normalized spacial score (nSPS) is 12.1. The molecule has 0 saturated heterocycles. The van der Waals surface area contributed by atoms with Crippen LogP contribution in [0.3, 0.4) is 0 Å². The fourth-order valence-corrected chi connectivity index (χ4v) is 4.90. The molecule has 5 aromatic carbocycles. The summed E-state index contributed by atoms with van der Waals surface area (Å²) < 4.78 is 58.1. The van der Waals surface area contributed by atoms with E-state index in [1.54, 1.807) is 12.1 Å². The summed E-state index contributed by atoms with van der Waals surface area (Å²) in [5.41, 5.74) is 1.93. The first-order valence-corrected chi connectivity index (χ1v) is 10.8.